The van der Waals surface area contributed by atoms with Gasteiger partial charge in [-0.2, -0.15) is 0 Å². The maximum Gasteiger partial charge on any atom is 0.244 e. The quantitative estimate of drug-likeness (QED) is 0.516. The molecule has 1 unspecified atom stereocenters. The molecular formula is C23H30BrN3O4S. The monoisotopic (exact) mass is 523 g/mol. The van der Waals surface area contributed by atoms with Crippen molar-refractivity contribution in [3.05, 3.63) is 64.1 Å². The van der Waals surface area contributed by atoms with E-state index in [1.165, 1.54) is 4.90 Å². The van der Waals surface area contributed by atoms with Crippen LogP contribution in [0.1, 0.15) is 31.4 Å². The number of hydrogen-bond donors (Lipinski definition) is 1. The number of carbonyl (C=O) groups excluding carboxylic acids is 2. The lowest BCUT2D eigenvalue weighted by Gasteiger charge is -2.33. The molecule has 1 atom stereocenters. The predicted octanol–water partition coefficient (Wildman–Crippen LogP) is 3.47. The largest absolute Gasteiger partial charge is 0.355 e. The average Bonchev–Trinajstić information content (AvgIpc) is 2.73. The summed E-state index contributed by atoms with van der Waals surface area (Å²) in [4.78, 5) is 27.7. The normalized spacial score (nSPS) is 12.2. The first-order valence-electron chi connectivity index (χ1n) is 10.4. The molecule has 0 heterocycles. The van der Waals surface area contributed by atoms with Crippen LogP contribution in [0.3, 0.4) is 0 Å². The maximum atomic E-state index is 13.5. The molecule has 0 aliphatic rings. The van der Waals surface area contributed by atoms with Gasteiger partial charge in [0.2, 0.25) is 21.8 Å². The van der Waals surface area contributed by atoms with Crippen LogP contribution in [0.2, 0.25) is 0 Å². The van der Waals surface area contributed by atoms with Gasteiger partial charge in [0.05, 0.1) is 11.9 Å². The number of benzene rings is 2. The number of aryl methyl sites for hydroxylation is 1. The fraction of sp³-hybridized carbons (Fsp3) is 0.391. The third-order valence-corrected chi connectivity index (χ3v) is 6.81. The second kappa shape index (κ2) is 11.5. The molecule has 9 heteroatoms. The van der Waals surface area contributed by atoms with E-state index in [0.717, 1.165) is 21.7 Å². The van der Waals surface area contributed by atoms with Gasteiger partial charge in [0.25, 0.3) is 0 Å². The fourth-order valence-electron chi connectivity index (χ4n) is 3.35. The molecule has 0 bridgehead atoms. The first-order chi connectivity index (χ1) is 15.1. The molecule has 0 saturated carbocycles. The zero-order valence-corrected chi connectivity index (χ0v) is 21.2. The second-order valence-electron chi connectivity index (χ2n) is 7.55. The van der Waals surface area contributed by atoms with Crippen molar-refractivity contribution in [2.45, 2.75) is 39.8 Å². The summed E-state index contributed by atoms with van der Waals surface area (Å²) in [5, 5.41) is 2.78. The number of halogens is 1. The SMILES string of the molecule is CCNC(=O)C(CC)N(Cc1ccc(C)cc1)C(=O)CN(c1ccccc1Br)S(C)(=O)=O. The van der Waals surface area contributed by atoms with Crippen molar-refractivity contribution < 1.29 is 18.0 Å². The number of hydrogen-bond acceptors (Lipinski definition) is 4. The molecular weight excluding hydrogens is 494 g/mol. The molecule has 0 aromatic heterocycles. The van der Waals surface area contributed by atoms with Gasteiger partial charge >= 0.3 is 0 Å². The number of amides is 2. The molecule has 2 aromatic carbocycles. The van der Waals surface area contributed by atoms with E-state index in [0.29, 0.717) is 23.1 Å². The van der Waals surface area contributed by atoms with Gasteiger partial charge < -0.3 is 10.2 Å². The Morgan fingerprint density at radius 1 is 1.06 bits per heavy atom. The van der Waals surface area contributed by atoms with Crippen molar-refractivity contribution in [3.8, 4) is 0 Å². The van der Waals surface area contributed by atoms with Crippen molar-refractivity contribution in [2.75, 3.05) is 23.7 Å². The molecule has 174 valence electrons. The van der Waals surface area contributed by atoms with Crippen molar-refractivity contribution in [3.63, 3.8) is 0 Å². The van der Waals surface area contributed by atoms with Crippen molar-refractivity contribution in [1.82, 2.24) is 10.2 Å². The number of rotatable bonds is 10. The first kappa shape index (κ1) is 25.9. The van der Waals surface area contributed by atoms with Crippen molar-refractivity contribution in [1.29, 1.82) is 0 Å². The van der Waals surface area contributed by atoms with Gasteiger partial charge in [-0.25, -0.2) is 8.42 Å². The Bertz CT molecular complexity index is 1040. The zero-order chi connectivity index (χ0) is 23.9. The smallest absolute Gasteiger partial charge is 0.244 e. The van der Waals surface area contributed by atoms with Crippen LogP contribution >= 0.6 is 15.9 Å². The van der Waals surface area contributed by atoms with E-state index in [2.05, 4.69) is 21.2 Å². The van der Waals surface area contributed by atoms with Crippen molar-refractivity contribution in [2.24, 2.45) is 0 Å². The third-order valence-electron chi connectivity index (χ3n) is 5.01. The average molecular weight is 524 g/mol. The van der Waals surface area contributed by atoms with Gasteiger partial charge in [0.15, 0.2) is 0 Å². The molecule has 0 radical (unpaired) electrons. The van der Waals surface area contributed by atoms with Crippen molar-refractivity contribution >= 4 is 43.5 Å². The standard InChI is InChI=1S/C23H30BrN3O4S/c1-5-20(23(29)25-6-2)26(15-18-13-11-17(3)12-14-18)22(28)16-27(32(4,30)31)21-10-8-7-9-19(21)24/h7-14,20H,5-6,15-16H2,1-4H3,(H,25,29). The minimum atomic E-state index is -3.76. The van der Waals surface area contributed by atoms with Crippen LogP contribution in [-0.4, -0.2) is 50.5 Å². The van der Waals surface area contributed by atoms with E-state index in [1.807, 2.05) is 45.0 Å². The first-order valence-corrected chi connectivity index (χ1v) is 13.1. The molecule has 0 aliphatic heterocycles. The number of likely N-dealkylation sites (N-methyl/N-ethyl adjacent to an activating group) is 1. The molecule has 0 fully saturated rings. The number of para-hydroxylation sites is 1. The highest BCUT2D eigenvalue weighted by atomic mass is 79.9. The summed E-state index contributed by atoms with van der Waals surface area (Å²) in [6.45, 7) is 5.84. The molecule has 2 rings (SSSR count). The van der Waals surface area contributed by atoms with E-state index in [4.69, 9.17) is 0 Å². The molecule has 0 aliphatic carbocycles. The predicted molar refractivity (Wildman–Crippen MR) is 131 cm³/mol. The molecule has 2 amide bonds. The highest BCUT2D eigenvalue weighted by Gasteiger charge is 2.31. The molecule has 32 heavy (non-hydrogen) atoms. The molecule has 0 spiro atoms. The Hall–Kier alpha value is -2.39. The molecule has 0 saturated heterocycles. The Morgan fingerprint density at radius 3 is 2.22 bits per heavy atom. The Labute approximate surface area is 199 Å². The molecule has 7 nitrogen and oxygen atoms in total. The maximum absolute atomic E-state index is 13.5. The Kier molecular flexibility index (Phi) is 9.27. The lowest BCUT2D eigenvalue weighted by atomic mass is 10.1. The summed E-state index contributed by atoms with van der Waals surface area (Å²) in [6.07, 6.45) is 1.46. The van der Waals surface area contributed by atoms with Crippen LogP contribution < -0.4 is 9.62 Å². The van der Waals surface area contributed by atoms with E-state index in [1.54, 1.807) is 24.3 Å². The second-order valence-corrected chi connectivity index (χ2v) is 10.3. The summed E-state index contributed by atoms with van der Waals surface area (Å²) in [5.74, 6) is -0.716. The van der Waals surface area contributed by atoms with Gasteiger partial charge in [-0.1, -0.05) is 48.9 Å². The lowest BCUT2D eigenvalue weighted by Crippen LogP contribution is -2.52. The topological polar surface area (TPSA) is 86.8 Å². The van der Waals surface area contributed by atoms with E-state index >= 15 is 0 Å². The van der Waals surface area contributed by atoms with Crippen LogP contribution in [0, 0.1) is 6.92 Å². The van der Waals surface area contributed by atoms with Crippen LogP contribution in [0.5, 0.6) is 0 Å². The number of nitrogens with zero attached hydrogens (tertiary/aromatic N) is 2. The van der Waals surface area contributed by atoms with Gasteiger partial charge in [-0.3, -0.25) is 13.9 Å². The zero-order valence-electron chi connectivity index (χ0n) is 18.8. The number of sulfonamides is 1. The number of carbonyl (C=O) groups is 2. The van der Waals surface area contributed by atoms with Crippen LogP contribution in [0.15, 0.2) is 53.0 Å². The van der Waals surface area contributed by atoms with Gasteiger partial charge in [0, 0.05) is 17.6 Å². The molecule has 1 N–H and O–H groups in total. The summed E-state index contributed by atoms with van der Waals surface area (Å²) in [5.41, 5.74) is 2.31. The van der Waals surface area contributed by atoms with E-state index < -0.39 is 28.5 Å². The summed E-state index contributed by atoms with van der Waals surface area (Å²) in [7, 11) is -3.76. The molecule has 2 aromatic rings. The number of nitrogens with one attached hydrogen (secondary N) is 1. The van der Waals surface area contributed by atoms with Gasteiger partial charge in [-0.15, -0.1) is 0 Å². The highest BCUT2D eigenvalue weighted by molar-refractivity contribution is 9.10. The summed E-state index contributed by atoms with van der Waals surface area (Å²) >= 11 is 3.37. The summed E-state index contributed by atoms with van der Waals surface area (Å²) in [6, 6.07) is 13.8. The van der Waals surface area contributed by atoms with E-state index in [9.17, 15) is 18.0 Å². The van der Waals surface area contributed by atoms with Gasteiger partial charge in [0.1, 0.15) is 12.6 Å². The fourth-order valence-corrected chi connectivity index (χ4v) is 4.83. The van der Waals surface area contributed by atoms with Crippen LogP contribution in [0.4, 0.5) is 5.69 Å². The van der Waals surface area contributed by atoms with Gasteiger partial charge in [-0.05, 0) is 53.9 Å². The van der Waals surface area contributed by atoms with Crippen LogP contribution in [0.25, 0.3) is 0 Å². The van der Waals surface area contributed by atoms with Crippen LogP contribution in [-0.2, 0) is 26.2 Å². The Morgan fingerprint density at radius 2 is 1.69 bits per heavy atom. The minimum absolute atomic E-state index is 0.197. The minimum Gasteiger partial charge on any atom is -0.355 e. The Balaban J connectivity index is 2.43. The van der Waals surface area contributed by atoms with E-state index in [-0.39, 0.29) is 12.5 Å². The summed E-state index contributed by atoms with van der Waals surface area (Å²) < 4.78 is 26.8. The third kappa shape index (κ3) is 6.80. The lowest BCUT2D eigenvalue weighted by molar-refractivity contribution is -0.140. The highest BCUT2D eigenvalue weighted by Crippen LogP contribution is 2.28. The number of anilines is 1.